The van der Waals surface area contributed by atoms with Crippen molar-refractivity contribution in [3.63, 3.8) is 0 Å². The van der Waals surface area contributed by atoms with Gasteiger partial charge in [-0.1, -0.05) is 30.3 Å². The highest BCUT2D eigenvalue weighted by molar-refractivity contribution is 5.79. The van der Waals surface area contributed by atoms with Crippen molar-refractivity contribution >= 4 is 5.91 Å². The summed E-state index contributed by atoms with van der Waals surface area (Å²) in [5.41, 5.74) is 2.90. The predicted molar refractivity (Wildman–Crippen MR) is 106 cm³/mol. The molecule has 1 aliphatic rings. The highest BCUT2D eigenvalue weighted by atomic mass is 19.4. The van der Waals surface area contributed by atoms with Crippen LogP contribution in [0.1, 0.15) is 33.6 Å². The standard InChI is InChI=1S/C23H19F4N3O/c24-18-6-4-15(5-7-18)11-21-19-13-30(9-8-20(19)28-14-29-21)22(31)12-16-2-1-3-17(10-16)23(25,26)27/h1-7,10,14H,8-9,11-13H2. The van der Waals surface area contributed by atoms with E-state index in [9.17, 15) is 22.4 Å². The van der Waals surface area contributed by atoms with Crippen molar-refractivity contribution < 1.29 is 22.4 Å². The summed E-state index contributed by atoms with van der Waals surface area (Å²) in [7, 11) is 0. The van der Waals surface area contributed by atoms with E-state index >= 15 is 0 Å². The van der Waals surface area contributed by atoms with Gasteiger partial charge in [0.15, 0.2) is 0 Å². The fraction of sp³-hybridized carbons (Fsp3) is 0.261. The molecule has 0 fully saturated rings. The third kappa shape index (κ3) is 4.90. The van der Waals surface area contributed by atoms with Gasteiger partial charge >= 0.3 is 6.18 Å². The lowest BCUT2D eigenvalue weighted by Crippen LogP contribution is -2.38. The number of aromatic nitrogens is 2. The SMILES string of the molecule is O=C(Cc1cccc(C(F)(F)F)c1)N1CCc2ncnc(Cc3ccc(F)cc3)c2C1. The zero-order valence-electron chi connectivity index (χ0n) is 16.5. The quantitative estimate of drug-likeness (QED) is 0.580. The molecular weight excluding hydrogens is 410 g/mol. The molecule has 4 nitrogen and oxygen atoms in total. The highest BCUT2D eigenvalue weighted by Gasteiger charge is 2.31. The molecule has 3 aromatic rings. The number of halogens is 4. The second-order valence-electron chi connectivity index (χ2n) is 7.49. The van der Waals surface area contributed by atoms with Crippen molar-refractivity contribution in [2.75, 3.05) is 6.54 Å². The minimum atomic E-state index is -4.45. The molecule has 160 valence electrons. The monoisotopic (exact) mass is 429 g/mol. The lowest BCUT2D eigenvalue weighted by atomic mass is 9.98. The number of alkyl halides is 3. The van der Waals surface area contributed by atoms with Gasteiger partial charge < -0.3 is 4.90 Å². The van der Waals surface area contributed by atoms with Gasteiger partial charge in [0.25, 0.3) is 0 Å². The van der Waals surface area contributed by atoms with E-state index in [1.807, 2.05) is 0 Å². The molecule has 2 aromatic carbocycles. The number of benzene rings is 2. The molecule has 0 spiro atoms. The van der Waals surface area contributed by atoms with Gasteiger partial charge in [-0.2, -0.15) is 13.2 Å². The lowest BCUT2D eigenvalue weighted by Gasteiger charge is -2.29. The van der Waals surface area contributed by atoms with Crippen LogP contribution in [-0.4, -0.2) is 27.3 Å². The summed E-state index contributed by atoms with van der Waals surface area (Å²) in [6, 6.07) is 11.0. The predicted octanol–water partition coefficient (Wildman–Crippen LogP) is 4.35. The summed E-state index contributed by atoms with van der Waals surface area (Å²) < 4.78 is 52.0. The van der Waals surface area contributed by atoms with Crippen LogP contribution in [0.15, 0.2) is 54.9 Å². The summed E-state index contributed by atoms with van der Waals surface area (Å²) in [5, 5.41) is 0. The van der Waals surface area contributed by atoms with Crippen molar-refractivity contribution in [3.05, 3.63) is 94.3 Å². The second-order valence-corrected chi connectivity index (χ2v) is 7.49. The average molecular weight is 429 g/mol. The number of rotatable bonds is 4. The highest BCUT2D eigenvalue weighted by Crippen LogP contribution is 2.30. The number of hydrogen-bond acceptors (Lipinski definition) is 3. The Morgan fingerprint density at radius 2 is 1.81 bits per heavy atom. The van der Waals surface area contributed by atoms with Gasteiger partial charge in [0, 0.05) is 31.5 Å². The first-order chi connectivity index (χ1) is 14.8. The number of hydrogen-bond donors (Lipinski definition) is 0. The molecule has 0 saturated heterocycles. The smallest absolute Gasteiger partial charge is 0.338 e. The Labute approximate surface area is 176 Å². The normalized spacial score (nSPS) is 13.7. The molecule has 0 atom stereocenters. The van der Waals surface area contributed by atoms with Crippen molar-refractivity contribution in [1.82, 2.24) is 14.9 Å². The van der Waals surface area contributed by atoms with E-state index in [2.05, 4.69) is 9.97 Å². The summed E-state index contributed by atoms with van der Waals surface area (Å²) >= 11 is 0. The van der Waals surface area contributed by atoms with E-state index < -0.39 is 11.7 Å². The third-order valence-corrected chi connectivity index (χ3v) is 5.34. The molecule has 8 heteroatoms. The third-order valence-electron chi connectivity index (χ3n) is 5.34. The summed E-state index contributed by atoms with van der Waals surface area (Å²) in [4.78, 5) is 23.1. The van der Waals surface area contributed by atoms with Gasteiger partial charge in [-0.05, 0) is 29.3 Å². The maximum Gasteiger partial charge on any atom is 0.416 e. The largest absolute Gasteiger partial charge is 0.416 e. The van der Waals surface area contributed by atoms with Crippen molar-refractivity contribution in [3.8, 4) is 0 Å². The topological polar surface area (TPSA) is 46.1 Å². The summed E-state index contributed by atoms with van der Waals surface area (Å²) in [5.74, 6) is -0.568. The van der Waals surface area contributed by atoms with Crippen LogP contribution in [-0.2, 0) is 36.8 Å². The molecule has 4 rings (SSSR count). The molecule has 1 amide bonds. The van der Waals surface area contributed by atoms with E-state index in [1.54, 1.807) is 17.0 Å². The number of nitrogens with zero attached hydrogens (tertiary/aromatic N) is 3. The van der Waals surface area contributed by atoms with Crippen LogP contribution in [0.5, 0.6) is 0 Å². The van der Waals surface area contributed by atoms with E-state index in [0.717, 1.165) is 34.6 Å². The van der Waals surface area contributed by atoms with Gasteiger partial charge in [-0.3, -0.25) is 4.79 Å². The summed E-state index contributed by atoms with van der Waals surface area (Å²) in [6.45, 7) is 0.738. The van der Waals surface area contributed by atoms with Gasteiger partial charge in [0.1, 0.15) is 12.1 Å². The van der Waals surface area contributed by atoms with Crippen LogP contribution >= 0.6 is 0 Å². The Kier molecular flexibility index (Phi) is 5.71. The van der Waals surface area contributed by atoms with Gasteiger partial charge in [-0.25, -0.2) is 14.4 Å². The van der Waals surface area contributed by atoms with Crippen LogP contribution in [0.4, 0.5) is 17.6 Å². The second kappa shape index (κ2) is 8.45. The Balaban J connectivity index is 1.50. The maximum absolute atomic E-state index is 13.2. The number of carbonyl (C=O) groups is 1. The molecule has 0 radical (unpaired) electrons. The molecule has 1 aliphatic heterocycles. The zero-order chi connectivity index (χ0) is 22.0. The number of amides is 1. The van der Waals surface area contributed by atoms with E-state index in [-0.39, 0.29) is 18.1 Å². The average Bonchev–Trinajstić information content (AvgIpc) is 2.75. The Morgan fingerprint density at radius 3 is 2.55 bits per heavy atom. The minimum Gasteiger partial charge on any atom is -0.338 e. The van der Waals surface area contributed by atoms with E-state index in [0.29, 0.717) is 31.5 Å². The molecule has 0 N–H and O–H groups in total. The van der Waals surface area contributed by atoms with E-state index in [1.165, 1.54) is 30.6 Å². The molecule has 2 heterocycles. The molecular formula is C23H19F4N3O. The molecule has 0 saturated carbocycles. The van der Waals surface area contributed by atoms with Crippen LogP contribution in [0.3, 0.4) is 0 Å². The lowest BCUT2D eigenvalue weighted by molar-refractivity contribution is -0.138. The van der Waals surface area contributed by atoms with Crippen LogP contribution in [0, 0.1) is 5.82 Å². The Hall–Kier alpha value is -3.29. The maximum atomic E-state index is 13.2. The molecule has 31 heavy (non-hydrogen) atoms. The van der Waals surface area contributed by atoms with E-state index in [4.69, 9.17) is 0 Å². The van der Waals surface area contributed by atoms with Crippen molar-refractivity contribution in [2.24, 2.45) is 0 Å². The fourth-order valence-electron chi connectivity index (χ4n) is 3.70. The van der Waals surface area contributed by atoms with Crippen LogP contribution in [0.25, 0.3) is 0 Å². The molecule has 0 aliphatic carbocycles. The van der Waals surface area contributed by atoms with Gasteiger partial charge in [-0.15, -0.1) is 0 Å². The van der Waals surface area contributed by atoms with Gasteiger partial charge in [0.05, 0.1) is 23.4 Å². The van der Waals surface area contributed by atoms with Crippen molar-refractivity contribution in [2.45, 2.75) is 32.0 Å². The van der Waals surface area contributed by atoms with Crippen LogP contribution < -0.4 is 0 Å². The molecule has 1 aromatic heterocycles. The summed E-state index contributed by atoms with van der Waals surface area (Å²) in [6.07, 6.45) is -2.06. The Morgan fingerprint density at radius 1 is 1.03 bits per heavy atom. The van der Waals surface area contributed by atoms with Crippen molar-refractivity contribution in [1.29, 1.82) is 0 Å². The first-order valence-electron chi connectivity index (χ1n) is 9.79. The number of fused-ring (bicyclic) bond motifs is 1. The first kappa shape index (κ1) is 21.0. The first-order valence-corrected chi connectivity index (χ1v) is 9.79. The van der Waals surface area contributed by atoms with Crippen LogP contribution in [0.2, 0.25) is 0 Å². The minimum absolute atomic E-state index is 0.111. The molecule has 0 bridgehead atoms. The fourth-order valence-corrected chi connectivity index (χ4v) is 3.70. The number of carbonyl (C=O) groups excluding carboxylic acids is 1. The zero-order valence-corrected chi connectivity index (χ0v) is 16.5. The van der Waals surface area contributed by atoms with Gasteiger partial charge in [0.2, 0.25) is 5.91 Å². The molecule has 0 unspecified atom stereocenters. The Bertz CT molecular complexity index is 1100.